The van der Waals surface area contributed by atoms with Gasteiger partial charge in [0.2, 0.25) is 0 Å². The topological polar surface area (TPSA) is 0 Å². The van der Waals surface area contributed by atoms with Crippen molar-refractivity contribution in [3.05, 3.63) is 23.8 Å². The van der Waals surface area contributed by atoms with E-state index in [2.05, 4.69) is 73.6 Å². The van der Waals surface area contributed by atoms with Crippen LogP contribution in [0.2, 0.25) is 0 Å². The van der Waals surface area contributed by atoms with Crippen LogP contribution in [-0.2, 0) is 0 Å². The molecule has 3 fully saturated rings. The van der Waals surface area contributed by atoms with E-state index < -0.39 is 0 Å². The Balaban J connectivity index is 1.59. The molecule has 0 N–H and O–H groups in total. The molecule has 0 spiro atoms. The van der Waals surface area contributed by atoms with Crippen molar-refractivity contribution < 1.29 is 0 Å². The summed E-state index contributed by atoms with van der Waals surface area (Å²) in [6, 6.07) is 0. The first-order valence-corrected chi connectivity index (χ1v) is 13.2. The minimum atomic E-state index is 0.359. The molecule has 0 aromatic carbocycles. The molecule has 5 rings (SSSR count). The maximum Gasteiger partial charge on any atom is -0.00565 e. The van der Waals surface area contributed by atoms with Gasteiger partial charge in [-0.1, -0.05) is 79.2 Å². The van der Waals surface area contributed by atoms with E-state index in [0.717, 1.165) is 17.8 Å². The Kier molecular flexibility index (Phi) is 4.32. The summed E-state index contributed by atoms with van der Waals surface area (Å²) in [4.78, 5) is 0. The van der Waals surface area contributed by atoms with Crippen LogP contribution in [0, 0.1) is 50.2 Å². The summed E-state index contributed by atoms with van der Waals surface area (Å²) in [6.07, 6.45) is 20.6. The lowest BCUT2D eigenvalue weighted by Gasteiger charge is -2.70. The highest BCUT2D eigenvalue weighted by Crippen LogP contribution is 2.75. The van der Waals surface area contributed by atoms with Crippen molar-refractivity contribution in [3.63, 3.8) is 0 Å². The summed E-state index contributed by atoms with van der Waals surface area (Å²) in [5.74, 6) is 2.50. The second-order valence-electron chi connectivity index (χ2n) is 14.8. The molecule has 5 aliphatic rings. The molecule has 5 aliphatic carbocycles. The average molecular weight is 409 g/mol. The fourth-order valence-corrected chi connectivity index (χ4v) is 10.1. The molecule has 0 aliphatic heterocycles. The van der Waals surface area contributed by atoms with E-state index in [0.29, 0.717) is 32.5 Å². The normalized spacial score (nSPS) is 53.6. The fourth-order valence-electron chi connectivity index (χ4n) is 10.1. The first kappa shape index (κ1) is 21.3. The molecule has 0 unspecified atom stereocenters. The molecule has 0 heterocycles. The van der Waals surface area contributed by atoms with Crippen molar-refractivity contribution in [1.29, 1.82) is 0 Å². The summed E-state index contributed by atoms with van der Waals surface area (Å²) in [6.45, 7) is 20.9. The molecule has 0 nitrogen and oxygen atoms in total. The molecule has 0 radical (unpaired) electrons. The minimum Gasteiger partial charge on any atom is -0.0874 e. The van der Waals surface area contributed by atoms with Crippen molar-refractivity contribution in [2.45, 2.75) is 113 Å². The molecule has 0 aromatic heterocycles. The van der Waals surface area contributed by atoms with Gasteiger partial charge in [-0.3, -0.25) is 0 Å². The van der Waals surface area contributed by atoms with Crippen LogP contribution in [0.5, 0.6) is 0 Å². The molecule has 168 valence electrons. The Morgan fingerprint density at radius 2 is 1.50 bits per heavy atom. The molecule has 0 saturated heterocycles. The zero-order chi connectivity index (χ0) is 21.8. The van der Waals surface area contributed by atoms with Crippen molar-refractivity contribution in [1.82, 2.24) is 0 Å². The highest BCUT2D eigenvalue weighted by atomic mass is 14.7. The van der Waals surface area contributed by atoms with Crippen LogP contribution in [0.15, 0.2) is 23.8 Å². The van der Waals surface area contributed by atoms with E-state index >= 15 is 0 Å². The molecule has 0 heteroatoms. The van der Waals surface area contributed by atoms with Crippen LogP contribution in [-0.4, -0.2) is 0 Å². The number of hydrogen-bond donors (Lipinski definition) is 0. The van der Waals surface area contributed by atoms with Gasteiger partial charge in [0.25, 0.3) is 0 Å². The summed E-state index contributed by atoms with van der Waals surface area (Å²) < 4.78 is 0. The first-order chi connectivity index (χ1) is 13.8. The Labute approximate surface area is 187 Å². The summed E-state index contributed by atoms with van der Waals surface area (Å²) >= 11 is 0. The molecular weight excluding hydrogens is 360 g/mol. The first-order valence-electron chi connectivity index (χ1n) is 13.2. The van der Waals surface area contributed by atoms with E-state index in [1.807, 2.05) is 5.57 Å². The van der Waals surface area contributed by atoms with E-state index in [1.54, 1.807) is 0 Å². The number of rotatable bonds is 0. The van der Waals surface area contributed by atoms with Crippen LogP contribution in [0.3, 0.4) is 0 Å². The predicted molar refractivity (Wildman–Crippen MR) is 129 cm³/mol. The molecular formula is C30H48. The SMILES string of the molecule is CC1(C)CC[C@]2(C)CC[C@]3(C)C(=CC[C@@H]4[C@]5(C)CC=CC(C)(C)[C@@H]5CC[C@]43C)[C@@H]2C1. The van der Waals surface area contributed by atoms with Gasteiger partial charge in [-0.25, -0.2) is 0 Å². The van der Waals surface area contributed by atoms with E-state index in [9.17, 15) is 0 Å². The molecule has 3 saturated carbocycles. The molecule has 7 atom stereocenters. The third kappa shape index (κ3) is 2.58. The lowest BCUT2D eigenvalue weighted by atomic mass is 9.34. The van der Waals surface area contributed by atoms with Gasteiger partial charge in [0.15, 0.2) is 0 Å². The van der Waals surface area contributed by atoms with Crippen LogP contribution in [0.25, 0.3) is 0 Å². The zero-order valence-corrected chi connectivity index (χ0v) is 21.3. The summed E-state index contributed by atoms with van der Waals surface area (Å²) in [7, 11) is 0. The van der Waals surface area contributed by atoms with Crippen molar-refractivity contribution in [3.8, 4) is 0 Å². The van der Waals surface area contributed by atoms with E-state index in [1.165, 1.54) is 57.8 Å². The molecule has 0 aromatic rings. The molecule has 0 bridgehead atoms. The maximum absolute atomic E-state index is 2.83. The second-order valence-corrected chi connectivity index (χ2v) is 14.8. The van der Waals surface area contributed by atoms with Crippen molar-refractivity contribution in [2.75, 3.05) is 0 Å². The Morgan fingerprint density at radius 3 is 2.23 bits per heavy atom. The van der Waals surface area contributed by atoms with Gasteiger partial charge in [0, 0.05) is 0 Å². The van der Waals surface area contributed by atoms with Gasteiger partial charge in [-0.05, 0) is 108 Å². The highest BCUT2D eigenvalue weighted by molar-refractivity contribution is 5.34. The second kappa shape index (κ2) is 6.08. The Bertz CT molecular complexity index is 795. The van der Waals surface area contributed by atoms with E-state index in [4.69, 9.17) is 0 Å². The standard InChI is InChI=1S/C30H48/c1-25(2)16-17-27(5)18-19-29(7)21(22(27)20-25)10-11-24-28(6)14-9-13-26(3,4)23(28)12-15-30(24,29)8/h9-10,13,22-24H,11-12,14-20H2,1-8H3/t22-,23-,24+,27+,28+,29+,30+/m0/s1. The fraction of sp³-hybridized carbons (Fsp3) is 0.867. The number of allylic oxidation sites excluding steroid dienone is 4. The van der Waals surface area contributed by atoms with Gasteiger partial charge in [-0.15, -0.1) is 0 Å². The maximum atomic E-state index is 2.83. The molecule has 30 heavy (non-hydrogen) atoms. The van der Waals surface area contributed by atoms with Gasteiger partial charge < -0.3 is 0 Å². The van der Waals surface area contributed by atoms with Crippen LogP contribution in [0.1, 0.15) is 113 Å². The van der Waals surface area contributed by atoms with Gasteiger partial charge in [-0.2, -0.15) is 0 Å². The summed E-state index contributed by atoms with van der Waals surface area (Å²) in [5, 5.41) is 0. The minimum absolute atomic E-state index is 0.359. The van der Waals surface area contributed by atoms with Crippen LogP contribution < -0.4 is 0 Å². The lowest BCUT2D eigenvalue weighted by Crippen LogP contribution is -2.62. The van der Waals surface area contributed by atoms with Gasteiger partial charge in [0.05, 0.1) is 0 Å². The number of hydrogen-bond acceptors (Lipinski definition) is 0. The largest absolute Gasteiger partial charge is 0.0874 e. The quantitative estimate of drug-likeness (QED) is 0.351. The number of fused-ring (bicyclic) bond motifs is 7. The Morgan fingerprint density at radius 1 is 0.800 bits per heavy atom. The smallest absolute Gasteiger partial charge is 0.00565 e. The Hall–Kier alpha value is -0.520. The monoisotopic (exact) mass is 408 g/mol. The highest BCUT2D eigenvalue weighted by Gasteiger charge is 2.66. The molecule has 0 amide bonds. The van der Waals surface area contributed by atoms with Crippen LogP contribution in [0.4, 0.5) is 0 Å². The van der Waals surface area contributed by atoms with E-state index in [-0.39, 0.29) is 0 Å². The summed E-state index contributed by atoms with van der Waals surface area (Å²) in [5.41, 5.74) is 4.68. The predicted octanol–water partition coefficient (Wildman–Crippen LogP) is 8.97. The van der Waals surface area contributed by atoms with Crippen molar-refractivity contribution in [2.24, 2.45) is 50.2 Å². The zero-order valence-electron chi connectivity index (χ0n) is 21.3. The third-order valence-corrected chi connectivity index (χ3v) is 12.3. The average Bonchev–Trinajstić information content (AvgIpc) is 2.63. The van der Waals surface area contributed by atoms with Crippen molar-refractivity contribution >= 4 is 0 Å². The third-order valence-electron chi connectivity index (χ3n) is 12.3. The lowest BCUT2D eigenvalue weighted by molar-refractivity contribution is -0.160. The van der Waals surface area contributed by atoms with Crippen LogP contribution >= 0.6 is 0 Å². The van der Waals surface area contributed by atoms with Gasteiger partial charge in [0.1, 0.15) is 0 Å². The van der Waals surface area contributed by atoms with Gasteiger partial charge >= 0.3 is 0 Å².